The van der Waals surface area contributed by atoms with E-state index in [0.29, 0.717) is 11.1 Å². The van der Waals surface area contributed by atoms with Crippen molar-refractivity contribution in [2.75, 3.05) is 0 Å². The monoisotopic (exact) mass is 287 g/mol. The molecule has 1 saturated carbocycles. The number of carboxylic acids is 1. The van der Waals surface area contributed by atoms with E-state index in [1.165, 1.54) is 25.0 Å². The third-order valence-corrected chi connectivity index (χ3v) is 3.42. The zero-order valence-electron chi connectivity index (χ0n) is 13.2. The summed E-state index contributed by atoms with van der Waals surface area (Å²) in [6, 6.07) is 7.47. The Morgan fingerprint density at radius 2 is 1.76 bits per heavy atom. The molecule has 3 heteroatoms. The maximum atomic E-state index is 11.3. The molecule has 1 aliphatic rings. The van der Waals surface area contributed by atoms with Crippen molar-refractivity contribution in [2.24, 2.45) is 4.99 Å². The molecule has 0 saturated heterocycles. The smallest absolute Gasteiger partial charge is 0.336 e. The van der Waals surface area contributed by atoms with Crippen molar-refractivity contribution in [3.63, 3.8) is 0 Å². The van der Waals surface area contributed by atoms with E-state index in [2.05, 4.69) is 4.99 Å². The largest absolute Gasteiger partial charge is 0.478 e. The predicted molar refractivity (Wildman–Crippen MR) is 89.3 cm³/mol. The zero-order valence-corrected chi connectivity index (χ0v) is 13.2. The summed E-state index contributed by atoms with van der Waals surface area (Å²) < 4.78 is 0. The van der Waals surface area contributed by atoms with E-state index in [4.69, 9.17) is 0 Å². The second-order valence-electron chi connectivity index (χ2n) is 4.76. The molecule has 0 bridgehead atoms. The first-order valence-electron chi connectivity index (χ1n) is 7.78. The fourth-order valence-electron chi connectivity index (χ4n) is 2.44. The molecule has 0 aliphatic heterocycles. The minimum atomic E-state index is -0.904. The van der Waals surface area contributed by atoms with Crippen molar-refractivity contribution in [1.29, 1.82) is 0 Å². The van der Waals surface area contributed by atoms with Gasteiger partial charge in [-0.1, -0.05) is 44.5 Å². The molecule has 2 rings (SSSR count). The number of hydrogen-bond acceptors (Lipinski definition) is 2. The summed E-state index contributed by atoms with van der Waals surface area (Å²) in [5.41, 5.74) is 2.99. The summed E-state index contributed by atoms with van der Waals surface area (Å²) in [6.45, 7) is 5.74. The normalized spacial score (nSPS) is 15.0. The fourth-order valence-corrected chi connectivity index (χ4v) is 2.44. The number of aliphatic imine (C=N–C) groups is 1. The van der Waals surface area contributed by atoms with Crippen molar-refractivity contribution in [3.8, 4) is 0 Å². The standard InChI is InChI=1S/C16H19NO2.C2H6/c1-2-13(16(18)19)14-10-6-7-11-15(14)17-12-8-4-3-5-9-12;1-2/h2,6-7,10-11H,3-5,8-9H2,1H3,(H,18,19);1-2H3. The van der Waals surface area contributed by atoms with Crippen molar-refractivity contribution in [1.82, 2.24) is 0 Å². The molecule has 1 fully saturated rings. The Morgan fingerprint density at radius 3 is 2.33 bits per heavy atom. The molecule has 114 valence electrons. The van der Waals surface area contributed by atoms with Crippen LogP contribution in [0.5, 0.6) is 0 Å². The van der Waals surface area contributed by atoms with Gasteiger partial charge in [0.25, 0.3) is 0 Å². The van der Waals surface area contributed by atoms with E-state index in [1.54, 1.807) is 13.0 Å². The summed E-state index contributed by atoms with van der Waals surface area (Å²) >= 11 is 0. The molecule has 1 N–H and O–H groups in total. The van der Waals surface area contributed by atoms with Crippen molar-refractivity contribution < 1.29 is 9.90 Å². The van der Waals surface area contributed by atoms with Crippen LogP contribution in [0.15, 0.2) is 35.3 Å². The molecule has 0 unspecified atom stereocenters. The van der Waals surface area contributed by atoms with Gasteiger partial charge in [0.05, 0.1) is 11.3 Å². The lowest BCUT2D eigenvalue weighted by molar-refractivity contribution is -0.130. The highest BCUT2D eigenvalue weighted by Gasteiger charge is 2.14. The molecular formula is C18H25NO2. The van der Waals surface area contributed by atoms with Crippen LogP contribution in [0.2, 0.25) is 0 Å². The highest BCUT2D eigenvalue weighted by Crippen LogP contribution is 2.28. The summed E-state index contributed by atoms with van der Waals surface area (Å²) in [4.78, 5) is 15.9. The van der Waals surface area contributed by atoms with E-state index >= 15 is 0 Å². The van der Waals surface area contributed by atoms with Gasteiger partial charge in [0, 0.05) is 11.3 Å². The Morgan fingerprint density at radius 1 is 1.14 bits per heavy atom. The molecule has 1 aromatic rings. The SMILES string of the molecule is CC.CC=C(C(=O)O)c1ccccc1N=C1CCCCC1. The third-order valence-electron chi connectivity index (χ3n) is 3.42. The first-order valence-corrected chi connectivity index (χ1v) is 7.78. The average molecular weight is 287 g/mol. The lowest BCUT2D eigenvalue weighted by Crippen LogP contribution is -2.05. The fraction of sp³-hybridized carbons (Fsp3) is 0.444. The van der Waals surface area contributed by atoms with E-state index in [-0.39, 0.29) is 0 Å². The minimum Gasteiger partial charge on any atom is -0.478 e. The Balaban J connectivity index is 0.00000106. The lowest BCUT2D eigenvalue weighted by atomic mass is 9.98. The number of rotatable bonds is 3. The van der Waals surface area contributed by atoms with Gasteiger partial charge in [-0.05, 0) is 38.7 Å². The first-order chi connectivity index (χ1) is 10.2. The van der Waals surface area contributed by atoms with E-state index in [0.717, 1.165) is 18.5 Å². The van der Waals surface area contributed by atoms with Gasteiger partial charge in [0.1, 0.15) is 0 Å². The Hall–Kier alpha value is -1.90. The number of nitrogens with zero attached hydrogens (tertiary/aromatic N) is 1. The van der Waals surface area contributed by atoms with E-state index in [1.807, 2.05) is 38.1 Å². The number of allylic oxidation sites excluding steroid dienone is 1. The summed E-state index contributed by atoms with van der Waals surface area (Å²) in [6.07, 6.45) is 7.35. The van der Waals surface area contributed by atoms with Crippen LogP contribution in [0.1, 0.15) is 58.4 Å². The van der Waals surface area contributed by atoms with Crippen LogP contribution in [-0.4, -0.2) is 16.8 Å². The second-order valence-corrected chi connectivity index (χ2v) is 4.76. The van der Waals surface area contributed by atoms with E-state index < -0.39 is 5.97 Å². The van der Waals surface area contributed by atoms with Crippen molar-refractivity contribution in [3.05, 3.63) is 35.9 Å². The van der Waals surface area contributed by atoms with Crippen LogP contribution in [0.3, 0.4) is 0 Å². The molecular weight excluding hydrogens is 262 g/mol. The number of para-hydroxylation sites is 1. The molecule has 0 radical (unpaired) electrons. The quantitative estimate of drug-likeness (QED) is 0.773. The van der Waals surface area contributed by atoms with Gasteiger partial charge >= 0.3 is 5.97 Å². The van der Waals surface area contributed by atoms with Gasteiger partial charge in [0.2, 0.25) is 0 Å². The number of aliphatic carboxylic acids is 1. The number of carboxylic acid groups (broad SMARTS) is 1. The van der Waals surface area contributed by atoms with Crippen LogP contribution in [0.4, 0.5) is 5.69 Å². The molecule has 0 amide bonds. The van der Waals surface area contributed by atoms with Gasteiger partial charge < -0.3 is 5.11 Å². The number of hydrogen-bond donors (Lipinski definition) is 1. The van der Waals surface area contributed by atoms with Gasteiger partial charge in [-0.2, -0.15) is 0 Å². The average Bonchev–Trinajstić information content (AvgIpc) is 2.52. The van der Waals surface area contributed by atoms with Gasteiger partial charge in [-0.25, -0.2) is 4.79 Å². The number of carbonyl (C=O) groups is 1. The first kappa shape index (κ1) is 17.2. The van der Waals surface area contributed by atoms with Crippen LogP contribution in [0.25, 0.3) is 5.57 Å². The molecule has 0 atom stereocenters. The molecule has 21 heavy (non-hydrogen) atoms. The molecule has 1 aromatic carbocycles. The zero-order chi connectivity index (χ0) is 15.7. The van der Waals surface area contributed by atoms with Crippen LogP contribution < -0.4 is 0 Å². The van der Waals surface area contributed by atoms with Crippen molar-refractivity contribution in [2.45, 2.75) is 52.9 Å². The maximum absolute atomic E-state index is 11.3. The van der Waals surface area contributed by atoms with E-state index in [9.17, 15) is 9.90 Å². The molecule has 0 heterocycles. The Labute approximate surface area is 127 Å². The van der Waals surface area contributed by atoms with Crippen LogP contribution in [0, 0.1) is 0 Å². The van der Waals surface area contributed by atoms with Gasteiger partial charge in [-0.3, -0.25) is 4.99 Å². The summed E-state index contributed by atoms with van der Waals surface area (Å²) in [5.74, 6) is -0.904. The Kier molecular flexibility index (Phi) is 7.44. The highest BCUT2D eigenvalue weighted by atomic mass is 16.4. The second kappa shape index (κ2) is 9.11. The Bertz CT molecular complexity index is 522. The third kappa shape index (κ3) is 4.85. The highest BCUT2D eigenvalue weighted by molar-refractivity contribution is 6.17. The molecule has 0 spiro atoms. The number of benzene rings is 1. The predicted octanol–water partition coefficient (Wildman–Crippen LogP) is 5.24. The molecule has 1 aliphatic carbocycles. The summed E-state index contributed by atoms with van der Waals surface area (Å²) in [7, 11) is 0. The minimum absolute atomic E-state index is 0.316. The van der Waals surface area contributed by atoms with Crippen LogP contribution >= 0.6 is 0 Å². The maximum Gasteiger partial charge on any atom is 0.336 e. The van der Waals surface area contributed by atoms with Gasteiger partial charge in [0.15, 0.2) is 0 Å². The molecule has 0 aromatic heterocycles. The van der Waals surface area contributed by atoms with Gasteiger partial charge in [-0.15, -0.1) is 0 Å². The van der Waals surface area contributed by atoms with Crippen LogP contribution in [-0.2, 0) is 4.79 Å². The van der Waals surface area contributed by atoms with Crippen molar-refractivity contribution >= 4 is 22.9 Å². The lowest BCUT2D eigenvalue weighted by Gasteiger charge is -2.13. The molecule has 3 nitrogen and oxygen atoms in total. The summed E-state index contributed by atoms with van der Waals surface area (Å²) in [5, 5.41) is 9.24. The topological polar surface area (TPSA) is 49.7 Å².